The van der Waals surface area contributed by atoms with Crippen molar-refractivity contribution >= 4 is 22.6 Å². The number of benzene rings is 1. The lowest BCUT2D eigenvalue weighted by atomic mass is 9.81. The van der Waals surface area contributed by atoms with E-state index in [1.807, 2.05) is 6.07 Å². The van der Waals surface area contributed by atoms with Crippen LogP contribution in [0, 0.1) is 3.57 Å². The Balaban J connectivity index is 2.35. The molecule has 6 heteroatoms. The van der Waals surface area contributed by atoms with E-state index in [9.17, 15) is 15.3 Å². The number of aliphatic hydroxyl groups excluding tert-OH is 2. The molecule has 0 unspecified atom stereocenters. The minimum absolute atomic E-state index is 0.571. The van der Waals surface area contributed by atoms with Crippen LogP contribution < -0.4 is 4.74 Å². The zero-order valence-corrected chi connectivity index (χ0v) is 13.7. The second kappa shape index (κ2) is 5.76. The summed E-state index contributed by atoms with van der Waals surface area (Å²) in [7, 11) is 1.59. The molecule has 20 heavy (non-hydrogen) atoms. The van der Waals surface area contributed by atoms with Gasteiger partial charge in [-0.15, -0.1) is 0 Å². The smallest absolute Gasteiger partial charge is 0.132 e. The molecule has 0 aromatic heterocycles. The first-order valence-corrected chi connectivity index (χ1v) is 7.44. The summed E-state index contributed by atoms with van der Waals surface area (Å²) < 4.78 is 11.7. The van der Waals surface area contributed by atoms with Crippen LogP contribution in [0.1, 0.15) is 25.5 Å². The van der Waals surface area contributed by atoms with E-state index in [4.69, 9.17) is 9.47 Å². The third kappa shape index (κ3) is 2.67. The minimum Gasteiger partial charge on any atom is -0.496 e. The van der Waals surface area contributed by atoms with Gasteiger partial charge < -0.3 is 24.8 Å². The van der Waals surface area contributed by atoms with E-state index < -0.39 is 30.0 Å². The zero-order chi connectivity index (χ0) is 15.1. The molecule has 112 valence electrons. The second-order valence-electron chi connectivity index (χ2n) is 5.27. The Hall–Kier alpha value is -0.410. The normalized spacial score (nSPS) is 37.8. The van der Waals surface area contributed by atoms with Crippen LogP contribution in [-0.2, 0) is 4.74 Å². The van der Waals surface area contributed by atoms with Crippen molar-refractivity contribution in [3.05, 3.63) is 27.3 Å². The molecule has 0 spiro atoms. The van der Waals surface area contributed by atoms with Gasteiger partial charge in [-0.2, -0.15) is 0 Å². The summed E-state index contributed by atoms with van der Waals surface area (Å²) in [4.78, 5) is 0. The molecule has 0 radical (unpaired) electrons. The number of rotatable bonds is 2. The summed E-state index contributed by atoms with van der Waals surface area (Å²) in [5.74, 6) is 0.736. The van der Waals surface area contributed by atoms with E-state index in [1.165, 1.54) is 6.92 Å². The van der Waals surface area contributed by atoms with Crippen molar-refractivity contribution in [2.75, 3.05) is 7.11 Å². The summed E-state index contributed by atoms with van der Waals surface area (Å²) in [5, 5.41) is 30.5. The van der Waals surface area contributed by atoms with Gasteiger partial charge in [0.05, 0.1) is 16.8 Å². The van der Waals surface area contributed by atoms with Crippen molar-refractivity contribution in [3.8, 4) is 5.75 Å². The summed E-state index contributed by atoms with van der Waals surface area (Å²) in [5.41, 5.74) is -0.880. The van der Waals surface area contributed by atoms with E-state index in [0.717, 1.165) is 14.9 Å². The molecule has 1 heterocycles. The SMILES string of the molecule is COc1ccc([C@H]2O[C@@H](C)[C@@H](O)[C@](C)(O)[C@@H]2O)cc1I. The Bertz CT molecular complexity index is 490. The second-order valence-corrected chi connectivity index (χ2v) is 6.43. The number of ether oxygens (including phenoxy) is 2. The summed E-state index contributed by atoms with van der Waals surface area (Å²) in [6, 6.07) is 5.42. The van der Waals surface area contributed by atoms with Crippen molar-refractivity contribution in [1.29, 1.82) is 0 Å². The number of hydrogen-bond acceptors (Lipinski definition) is 5. The van der Waals surface area contributed by atoms with Gasteiger partial charge in [0.25, 0.3) is 0 Å². The molecule has 1 saturated heterocycles. The Labute approximate surface area is 131 Å². The summed E-state index contributed by atoms with van der Waals surface area (Å²) in [6.45, 7) is 3.09. The lowest BCUT2D eigenvalue weighted by Gasteiger charge is -2.46. The molecule has 1 fully saturated rings. The molecule has 5 nitrogen and oxygen atoms in total. The van der Waals surface area contributed by atoms with E-state index in [0.29, 0.717) is 0 Å². The quantitative estimate of drug-likeness (QED) is 0.658. The lowest BCUT2D eigenvalue weighted by Crippen LogP contribution is -2.61. The standard InChI is InChI=1S/C14H19IO5/c1-7-12(16)14(2,18)13(17)11(20-7)8-4-5-10(19-3)9(15)6-8/h4-7,11-13,16-18H,1-3H3/t7-,11+,12+,13+,14-/m0/s1. The highest BCUT2D eigenvalue weighted by atomic mass is 127. The molecule has 2 rings (SSSR count). The molecular formula is C14H19IO5. The number of methoxy groups -OCH3 is 1. The molecule has 1 aliphatic heterocycles. The van der Waals surface area contributed by atoms with Crippen LogP contribution in [0.2, 0.25) is 0 Å². The van der Waals surface area contributed by atoms with Gasteiger partial charge in [-0.05, 0) is 54.1 Å². The minimum atomic E-state index is -1.62. The fourth-order valence-electron chi connectivity index (χ4n) is 2.46. The maximum Gasteiger partial charge on any atom is 0.132 e. The number of hydrogen-bond donors (Lipinski definition) is 3. The molecule has 1 aliphatic rings. The van der Waals surface area contributed by atoms with E-state index in [1.54, 1.807) is 26.2 Å². The average molecular weight is 394 g/mol. The van der Waals surface area contributed by atoms with Gasteiger partial charge in [-0.25, -0.2) is 0 Å². The number of halogens is 1. The fraction of sp³-hybridized carbons (Fsp3) is 0.571. The van der Waals surface area contributed by atoms with Crippen LogP contribution in [0.5, 0.6) is 5.75 Å². The van der Waals surface area contributed by atoms with Gasteiger partial charge in [0.1, 0.15) is 29.7 Å². The van der Waals surface area contributed by atoms with Crippen molar-refractivity contribution in [2.24, 2.45) is 0 Å². The van der Waals surface area contributed by atoms with E-state index in [2.05, 4.69) is 22.6 Å². The molecule has 0 aliphatic carbocycles. The highest BCUT2D eigenvalue weighted by Crippen LogP contribution is 2.39. The Morgan fingerprint density at radius 3 is 2.50 bits per heavy atom. The average Bonchev–Trinajstić information content (AvgIpc) is 2.41. The number of aliphatic hydroxyl groups is 3. The largest absolute Gasteiger partial charge is 0.496 e. The third-order valence-electron chi connectivity index (χ3n) is 3.79. The predicted molar refractivity (Wildman–Crippen MR) is 81.6 cm³/mol. The highest BCUT2D eigenvalue weighted by Gasteiger charge is 2.50. The van der Waals surface area contributed by atoms with Crippen LogP contribution in [-0.4, -0.2) is 46.3 Å². The van der Waals surface area contributed by atoms with E-state index in [-0.39, 0.29) is 0 Å². The molecule has 5 atom stereocenters. The van der Waals surface area contributed by atoms with Gasteiger partial charge in [0, 0.05) is 0 Å². The van der Waals surface area contributed by atoms with Crippen LogP contribution >= 0.6 is 22.6 Å². The van der Waals surface area contributed by atoms with Gasteiger partial charge in [-0.1, -0.05) is 6.07 Å². The van der Waals surface area contributed by atoms with E-state index >= 15 is 0 Å². The topological polar surface area (TPSA) is 79.2 Å². The summed E-state index contributed by atoms with van der Waals surface area (Å²) in [6.07, 6.45) is -3.61. The highest BCUT2D eigenvalue weighted by molar-refractivity contribution is 14.1. The molecule has 0 saturated carbocycles. The first-order chi connectivity index (χ1) is 9.28. The molecule has 1 aromatic carbocycles. The van der Waals surface area contributed by atoms with Crippen molar-refractivity contribution < 1.29 is 24.8 Å². The van der Waals surface area contributed by atoms with Crippen LogP contribution in [0.25, 0.3) is 0 Å². The van der Waals surface area contributed by atoms with Gasteiger partial charge in [-0.3, -0.25) is 0 Å². The van der Waals surface area contributed by atoms with Gasteiger partial charge in [0.15, 0.2) is 0 Å². The van der Waals surface area contributed by atoms with Crippen molar-refractivity contribution in [2.45, 2.75) is 43.9 Å². The first-order valence-electron chi connectivity index (χ1n) is 6.36. The predicted octanol–water partition coefficient (Wildman–Crippen LogP) is 1.23. The van der Waals surface area contributed by atoms with Gasteiger partial charge in [0.2, 0.25) is 0 Å². The Morgan fingerprint density at radius 2 is 1.95 bits per heavy atom. The van der Waals surface area contributed by atoms with Crippen LogP contribution in [0.3, 0.4) is 0 Å². The first kappa shape index (κ1) is 16.0. The Morgan fingerprint density at radius 1 is 1.30 bits per heavy atom. The van der Waals surface area contributed by atoms with Crippen molar-refractivity contribution in [1.82, 2.24) is 0 Å². The van der Waals surface area contributed by atoms with Gasteiger partial charge >= 0.3 is 0 Å². The fourth-order valence-corrected chi connectivity index (χ4v) is 3.22. The molecular weight excluding hydrogens is 375 g/mol. The molecule has 0 bridgehead atoms. The molecule has 0 amide bonds. The van der Waals surface area contributed by atoms with Crippen molar-refractivity contribution in [3.63, 3.8) is 0 Å². The maximum absolute atomic E-state index is 10.3. The van der Waals surface area contributed by atoms with Crippen LogP contribution in [0.4, 0.5) is 0 Å². The lowest BCUT2D eigenvalue weighted by molar-refractivity contribution is -0.261. The molecule has 1 aromatic rings. The maximum atomic E-state index is 10.3. The molecule has 3 N–H and O–H groups in total. The zero-order valence-electron chi connectivity index (χ0n) is 11.6. The monoisotopic (exact) mass is 394 g/mol. The third-order valence-corrected chi connectivity index (χ3v) is 4.64. The Kier molecular flexibility index (Phi) is 4.60. The van der Waals surface area contributed by atoms with Crippen LogP contribution in [0.15, 0.2) is 18.2 Å². The summed E-state index contributed by atoms with van der Waals surface area (Å²) >= 11 is 2.13.